The highest BCUT2D eigenvalue weighted by Gasteiger charge is 2.21. The van der Waals surface area contributed by atoms with E-state index in [1.54, 1.807) is 0 Å². The van der Waals surface area contributed by atoms with Crippen molar-refractivity contribution >= 4 is 5.91 Å². The first-order chi connectivity index (χ1) is 11.4. The summed E-state index contributed by atoms with van der Waals surface area (Å²) in [5.74, 6) is 1.17. The fraction of sp³-hybridized carbons (Fsp3) is 0.632. The lowest BCUT2D eigenvalue weighted by Crippen LogP contribution is -2.51. The summed E-state index contributed by atoms with van der Waals surface area (Å²) in [6.07, 6.45) is 1.03. The average Bonchev–Trinajstić information content (AvgIpc) is 2.95. The van der Waals surface area contributed by atoms with Crippen LogP contribution < -0.4 is 10.1 Å². The van der Waals surface area contributed by atoms with Gasteiger partial charge in [0.05, 0.1) is 13.2 Å². The number of benzene rings is 1. The van der Waals surface area contributed by atoms with Gasteiger partial charge in [0.25, 0.3) is 0 Å². The van der Waals surface area contributed by atoms with Crippen molar-refractivity contribution in [3.8, 4) is 5.75 Å². The van der Waals surface area contributed by atoms with Crippen molar-refractivity contribution in [2.45, 2.75) is 39.3 Å². The van der Waals surface area contributed by atoms with E-state index in [1.165, 1.54) is 11.1 Å². The standard InChI is InChI=1S/C19H29N3O2/c1-19(2,3)20-18(23)14-22-9-7-21(8-10-22)13-15-4-5-17-16(12-15)6-11-24-17/h4-5,12H,6-11,13-14H2,1-3H3,(H,20,23). The molecular formula is C19H29N3O2. The molecule has 2 heterocycles. The lowest BCUT2D eigenvalue weighted by molar-refractivity contribution is -0.124. The second-order valence-corrected chi connectivity index (χ2v) is 7.89. The van der Waals surface area contributed by atoms with Crippen LogP contribution in [0.25, 0.3) is 0 Å². The second kappa shape index (κ2) is 7.11. The molecule has 2 aliphatic rings. The number of piperazine rings is 1. The van der Waals surface area contributed by atoms with Crippen LogP contribution in [-0.4, -0.2) is 60.6 Å². The van der Waals surface area contributed by atoms with Gasteiger partial charge in [0, 0.05) is 44.7 Å². The van der Waals surface area contributed by atoms with Crippen LogP contribution in [0.2, 0.25) is 0 Å². The van der Waals surface area contributed by atoms with Crippen LogP contribution in [0.15, 0.2) is 18.2 Å². The van der Waals surface area contributed by atoms with Crippen molar-refractivity contribution in [3.05, 3.63) is 29.3 Å². The van der Waals surface area contributed by atoms with Crippen LogP contribution in [0.1, 0.15) is 31.9 Å². The van der Waals surface area contributed by atoms with E-state index in [9.17, 15) is 4.79 Å². The summed E-state index contributed by atoms with van der Waals surface area (Å²) in [6, 6.07) is 6.56. The van der Waals surface area contributed by atoms with Crippen molar-refractivity contribution in [2.75, 3.05) is 39.3 Å². The van der Waals surface area contributed by atoms with Crippen molar-refractivity contribution in [2.24, 2.45) is 0 Å². The molecule has 0 radical (unpaired) electrons. The molecule has 1 aromatic rings. The maximum atomic E-state index is 12.0. The van der Waals surface area contributed by atoms with E-state index in [4.69, 9.17) is 4.74 Å². The summed E-state index contributed by atoms with van der Waals surface area (Å²) < 4.78 is 5.57. The van der Waals surface area contributed by atoms with Gasteiger partial charge in [-0.05, 0) is 38.0 Å². The van der Waals surface area contributed by atoms with E-state index in [-0.39, 0.29) is 11.4 Å². The van der Waals surface area contributed by atoms with Crippen molar-refractivity contribution in [1.29, 1.82) is 0 Å². The van der Waals surface area contributed by atoms with Gasteiger partial charge in [0.2, 0.25) is 5.91 Å². The van der Waals surface area contributed by atoms with E-state index in [0.717, 1.165) is 51.5 Å². The summed E-state index contributed by atoms with van der Waals surface area (Å²) >= 11 is 0. The molecule has 5 nitrogen and oxygen atoms in total. The van der Waals surface area contributed by atoms with Gasteiger partial charge in [-0.25, -0.2) is 0 Å². The Morgan fingerprint density at radius 3 is 2.58 bits per heavy atom. The first-order valence-corrected chi connectivity index (χ1v) is 8.89. The number of hydrogen-bond donors (Lipinski definition) is 1. The molecule has 1 aromatic carbocycles. The van der Waals surface area contributed by atoms with Gasteiger partial charge in [0.15, 0.2) is 0 Å². The lowest BCUT2D eigenvalue weighted by atomic mass is 10.1. The molecule has 0 saturated carbocycles. The molecule has 5 heteroatoms. The highest BCUT2D eigenvalue weighted by molar-refractivity contribution is 5.78. The molecule has 2 aliphatic heterocycles. The van der Waals surface area contributed by atoms with Gasteiger partial charge in [0.1, 0.15) is 5.75 Å². The number of fused-ring (bicyclic) bond motifs is 1. The molecular weight excluding hydrogens is 302 g/mol. The van der Waals surface area contributed by atoms with Gasteiger partial charge < -0.3 is 10.1 Å². The number of nitrogens with zero attached hydrogens (tertiary/aromatic N) is 2. The minimum absolute atomic E-state index is 0.120. The molecule has 0 aromatic heterocycles. The largest absolute Gasteiger partial charge is 0.493 e. The molecule has 0 atom stereocenters. The topological polar surface area (TPSA) is 44.8 Å². The number of ether oxygens (including phenoxy) is 1. The minimum atomic E-state index is -0.157. The first-order valence-electron chi connectivity index (χ1n) is 8.89. The fourth-order valence-corrected chi connectivity index (χ4v) is 3.36. The maximum Gasteiger partial charge on any atom is 0.234 e. The van der Waals surface area contributed by atoms with Crippen LogP contribution in [0.5, 0.6) is 5.75 Å². The number of nitrogens with one attached hydrogen (secondary N) is 1. The molecule has 1 amide bonds. The van der Waals surface area contributed by atoms with E-state index in [2.05, 4.69) is 33.3 Å². The Kier molecular flexibility index (Phi) is 5.11. The van der Waals surface area contributed by atoms with E-state index < -0.39 is 0 Å². The molecule has 132 valence electrons. The lowest BCUT2D eigenvalue weighted by Gasteiger charge is -2.35. The summed E-state index contributed by atoms with van der Waals surface area (Å²) in [5, 5.41) is 3.04. The van der Waals surface area contributed by atoms with Crippen molar-refractivity contribution in [1.82, 2.24) is 15.1 Å². The molecule has 0 unspecified atom stereocenters. The Hall–Kier alpha value is -1.59. The Balaban J connectivity index is 1.44. The van der Waals surface area contributed by atoms with E-state index >= 15 is 0 Å². The molecule has 1 fully saturated rings. The average molecular weight is 331 g/mol. The first kappa shape index (κ1) is 17.2. The van der Waals surface area contributed by atoms with Crippen LogP contribution >= 0.6 is 0 Å². The minimum Gasteiger partial charge on any atom is -0.493 e. The highest BCUT2D eigenvalue weighted by atomic mass is 16.5. The summed E-state index contributed by atoms with van der Waals surface area (Å²) in [4.78, 5) is 16.7. The third kappa shape index (κ3) is 4.71. The number of carbonyl (C=O) groups excluding carboxylic acids is 1. The molecule has 0 aliphatic carbocycles. The number of rotatable bonds is 4. The SMILES string of the molecule is CC(C)(C)NC(=O)CN1CCN(Cc2ccc3c(c2)CCO3)CC1. The van der Waals surface area contributed by atoms with Crippen LogP contribution in [0.3, 0.4) is 0 Å². The zero-order chi connectivity index (χ0) is 17.2. The zero-order valence-electron chi connectivity index (χ0n) is 15.1. The third-order valence-electron chi connectivity index (χ3n) is 4.51. The van der Waals surface area contributed by atoms with Crippen molar-refractivity contribution in [3.63, 3.8) is 0 Å². The fourth-order valence-electron chi connectivity index (χ4n) is 3.36. The van der Waals surface area contributed by atoms with Gasteiger partial charge in [-0.2, -0.15) is 0 Å². The molecule has 1 saturated heterocycles. The summed E-state index contributed by atoms with van der Waals surface area (Å²) in [6.45, 7) is 12.3. The number of amides is 1. The highest BCUT2D eigenvalue weighted by Crippen LogP contribution is 2.26. The predicted octanol–water partition coefficient (Wildman–Crippen LogP) is 1.65. The van der Waals surface area contributed by atoms with Crippen LogP contribution in [-0.2, 0) is 17.8 Å². The summed E-state index contributed by atoms with van der Waals surface area (Å²) in [5.41, 5.74) is 2.54. The van der Waals surface area contributed by atoms with Gasteiger partial charge >= 0.3 is 0 Å². The Bertz CT molecular complexity index is 587. The Labute approximate surface area is 145 Å². The molecule has 24 heavy (non-hydrogen) atoms. The monoisotopic (exact) mass is 331 g/mol. The molecule has 3 rings (SSSR count). The summed E-state index contributed by atoms with van der Waals surface area (Å²) in [7, 11) is 0. The van der Waals surface area contributed by atoms with E-state index in [0.29, 0.717) is 6.54 Å². The van der Waals surface area contributed by atoms with Gasteiger partial charge in [-0.3, -0.25) is 14.6 Å². The van der Waals surface area contributed by atoms with E-state index in [1.807, 2.05) is 20.8 Å². The number of hydrogen-bond acceptors (Lipinski definition) is 4. The molecule has 0 spiro atoms. The predicted molar refractivity (Wildman–Crippen MR) is 95.3 cm³/mol. The zero-order valence-corrected chi connectivity index (χ0v) is 15.1. The Morgan fingerprint density at radius 1 is 1.17 bits per heavy atom. The van der Waals surface area contributed by atoms with Gasteiger partial charge in [-0.1, -0.05) is 12.1 Å². The number of carbonyl (C=O) groups is 1. The maximum absolute atomic E-state index is 12.0. The van der Waals surface area contributed by atoms with Crippen LogP contribution in [0.4, 0.5) is 0 Å². The molecule has 0 bridgehead atoms. The normalized spacial score (nSPS) is 19.0. The quantitative estimate of drug-likeness (QED) is 0.911. The Morgan fingerprint density at radius 2 is 1.88 bits per heavy atom. The second-order valence-electron chi connectivity index (χ2n) is 7.89. The van der Waals surface area contributed by atoms with Crippen molar-refractivity contribution < 1.29 is 9.53 Å². The van der Waals surface area contributed by atoms with Gasteiger partial charge in [-0.15, -0.1) is 0 Å². The smallest absolute Gasteiger partial charge is 0.234 e. The molecule has 1 N–H and O–H groups in total. The van der Waals surface area contributed by atoms with Crippen LogP contribution in [0, 0.1) is 0 Å². The third-order valence-corrected chi connectivity index (χ3v) is 4.51.